The van der Waals surface area contributed by atoms with Crippen molar-refractivity contribution in [2.75, 3.05) is 0 Å². The molecule has 0 saturated carbocycles. The molecule has 4 rings (SSSR count). The smallest absolute Gasteiger partial charge is 0.171 e. The Morgan fingerprint density at radius 2 is 2.06 bits per heavy atom. The van der Waals surface area contributed by atoms with E-state index in [1.807, 2.05) is 30.5 Å². The first-order valence-electron chi connectivity index (χ1n) is 5.08. The molecule has 85 valence electrons. The van der Waals surface area contributed by atoms with Crippen LogP contribution in [-0.2, 0) is 20.1 Å². The van der Waals surface area contributed by atoms with Crippen molar-refractivity contribution in [3.05, 3.63) is 49.0 Å². The summed E-state index contributed by atoms with van der Waals surface area (Å²) in [7, 11) is 0. The molecule has 0 bridgehead atoms. The molecule has 0 atom stereocenters. The van der Waals surface area contributed by atoms with Crippen LogP contribution < -0.4 is 0 Å². The molecule has 0 aliphatic rings. The number of rotatable bonds is 0. The molecule has 0 aliphatic carbocycles. The van der Waals surface area contributed by atoms with Gasteiger partial charge in [-0.2, -0.15) is 0 Å². The molecule has 1 aromatic carbocycles. The Balaban J connectivity index is 0.000000902. The van der Waals surface area contributed by atoms with Gasteiger partial charge in [-0.1, -0.05) is 5.39 Å². The first-order valence-corrected chi connectivity index (χ1v) is 5.08. The van der Waals surface area contributed by atoms with Crippen molar-refractivity contribution in [3.8, 4) is 0 Å². The zero-order valence-corrected chi connectivity index (χ0v) is 11.1. The van der Waals surface area contributed by atoms with Gasteiger partial charge in [-0.15, -0.1) is 24.3 Å². The van der Waals surface area contributed by atoms with Gasteiger partial charge < -0.3 is 8.82 Å². The van der Waals surface area contributed by atoms with Crippen LogP contribution in [0.25, 0.3) is 27.5 Å². The summed E-state index contributed by atoms with van der Waals surface area (Å²) >= 11 is 0. The van der Waals surface area contributed by atoms with Gasteiger partial charge in [0.2, 0.25) is 0 Å². The summed E-state index contributed by atoms with van der Waals surface area (Å²) in [5.74, 6) is 0. The number of aromatic nitrogens is 2. The van der Waals surface area contributed by atoms with Gasteiger partial charge >= 0.3 is 0 Å². The van der Waals surface area contributed by atoms with Crippen molar-refractivity contribution in [1.82, 2.24) is 9.38 Å². The van der Waals surface area contributed by atoms with E-state index in [0.717, 1.165) is 27.5 Å². The number of hydrogen-bond donors (Lipinski definition) is 0. The number of fused-ring (bicyclic) bond motifs is 6. The molecular weight excluding hydrogens is 392 g/mol. The average Bonchev–Trinajstić information content (AvgIpc) is 2.98. The van der Waals surface area contributed by atoms with Gasteiger partial charge in [0, 0.05) is 25.6 Å². The SMILES string of the molecule is [Ir].[c-]1cccc2c1c1ncoc1c1cccn21. The molecule has 1 radical (unpaired) electrons. The number of hydrogen-bond acceptors (Lipinski definition) is 2. The molecule has 4 heteroatoms. The zero-order chi connectivity index (χ0) is 10.5. The summed E-state index contributed by atoms with van der Waals surface area (Å²) in [5, 5.41) is 0.995. The normalized spacial score (nSPS) is 11.1. The Morgan fingerprint density at radius 3 is 3.00 bits per heavy atom. The molecule has 0 spiro atoms. The van der Waals surface area contributed by atoms with Crippen LogP contribution in [-0.4, -0.2) is 9.38 Å². The third kappa shape index (κ3) is 1.28. The van der Waals surface area contributed by atoms with Crippen molar-refractivity contribution < 1.29 is 24.5 Å². The molecule has 0 saturated heterocycles. The maximum Gasteiger partial charge on any atom is 0.171 e. The third-order valence-electron chi connectivity index (χ3n) is 2.88. The van der Waals surface area contributed by atoms with Gasteiger partial charge in [-0.25, -0.2) is 0 Å². The largest absolute Gasteiger partial charge is 0.452 e. The van der Waals surface area contributed by atoms with E-state index in [1.165, 1.54) is 6.39 Å². The molecule has 3 heterocycles. The van der Waals surface area contributed by atoms with E-state index in [0.29, 0.717) is 0 Å². The van der Waals surface area contributed by atoms with E-state index in [9.17, 15) is 0 Å². The first-order chi connectivity index (χ1) is 7.95. The van der Waals surface area contributed by atoms with E-state index >= 15 is 0 Å². The fourth-order valence-electron chi connectivity index (χ4n) is 2.20. The molecule has 3 nitrogen and oxygen atoms in total. The molecule has 17 heavy (non-hydrogen) atoms. The van der Waals surface area contributed by atoms with Gasteiger partial charge in [-0.3, -0.25) is 4.98 Å². The summed E-state index contributed by atoms with van der Waals surface area (Å²) in [6.07, 6.45) is 3.51. The molecular formula is C13H7IrN2O-. The Labute approximate surface area is 110 Å². The number of nitrogens with zero attached hydrogens (tertiary/aromatic N) is 2. The van der Waals surface area contributed by atoms with Crippen LogP contribution in [0, 0.1) is 6.07 Å². The minimum absolute atomic E-state index is 0. The molecule has 3 aromatic heterocycles. The molecule has 0 N–H and O–H groups in total. The average molecular weight is 399 g/mol. The molecule has 0 aliphatic heterocycles. The van der Waals surface area contributed by atoms with Crippen LogP contribution in [0.3, 0.4) is 0 Å². The number of pyridine rings is 1. The number of oxazole rings is 1. The quantitative estimate of drug-likeness (QED) is 0.426. The topological polar surface area (TPSA) is 30.4 Å². The standard InChI is InChI=1S/C13H7N2O.Ir/c1-2-5-10-9(4-1)12-13(16-8-14-12)11-6-3-7-15(10)11;/h1-3,5-8H;/q-1;. The van der Waals surface area contributed by atoms with Gasteiger partial charge in [0.05, 0.1) is 5.52 Å². The predicted molar refractivity (Wildman–Crippen MR) is 61.3 cm³/mol. The fourth-order valence-corrected chi connectivity index (χ4v) is 2.20. The number of benzene rings is 1. The monoisotopic (exact) mass is 400 g/mol. The van der Waals surface area contributed by atoms with Gasteiger partial charge in [0.15, 0.2) is 6.39 Å². The minimum Gasteiger partial charge on any atom is -0.452 e. The van der Waals surface area contributed by atoms with Gasteiger partial charge in [0.25, 0.3) is 0 Å². The van der Waals surface area contributed by atoms with Crippen LogP contribution >= 0.6 is 0 Å². The van der Waals surface area contributed by atoms with E-state index in [-0.39, 0.29) is 20.1 Å². The van der Waals surface area contributed by atoms with Crippen LogP contribution in [0.1, 0.15) is 0 Å². The molecule has 0 fully saturated rings. The fraction of sp³-hybridized carbons (Fsp3) is 0. The van der Waals surface area contributed by atoms with Crippen LogP contribution in [0.4, 0.5) is 0 Å². The first kappa shape index (κ1) is 10.5. The Morgan fingerprint density at radius 1 is 1.18 bits per heavy atom. The van der Waals surface area contributed by atoms with Crippen molar-refractivity contribution >= 4 is 27.5 Å². The van der Waals surface area contributed by atoms with Crippen LogP contribution in [0.2, 0.25) is 0 Å². The van der Waals surface area contributed by atoms with Gasteiger partial charge in [-0.05, 0) is 23.8 Å². The van der Waals surface area contributed by atoms with E-state index in [1.54, 1.807) is 0 Å². The Hall–Kier alpha value is -1.64. The van der Waals surface area contributed by atoms with E-state index in [2.05, 4.69) is 21.5 Å². The van der Waals surface area contributed by atoms with Crippen LogP contribution in [0.15, 0.2) is 47.3 Å². The van der Waals surface area contributed by atoms with Crippen molar-refractivity contribution in [1.29, 1.82) is 0 Å². The van der Waals surface area contributed by atoms with E-state index < -0.39 is 0 Å². The molecule has 4 aromatic rings. The minimum atomic E-state index is 0. The maximum absolute atomic E-state index is 5.45. The van der Waals surface area contributed by atoms with E-state index in [4.69, 9.17) is 4.42 Å². The van der Waals surface area contributed by atoms with Crippen molar-refractivity contribution in [2.45, 2.75) is 0 Å². The third-order valence-corrected chi connectivity index (χ3v) is 2.88. The second-order valence-corrected chi connectivity index (χ2v) is 3.72. The summed E-state index contributed by atoms with van der Waals surface area (Å²) in [5.41, 5.74) is 3.84. The summed E-state index contributed by atoms with van der Waals surface area (Å²) in [4.78, 5) is 4.27. The maximum atomic E-state index is 5.45. The van der Waals surface area contributed by atoms with Crippen molar-refractivity contribution in [2.24, 2.45) is 0 Å². The predicted octanol–water partition coefficient (Wildman–Crippen LogP) is 3.03. The van der Waals surface area contributed by atoms with Crippen molar-refractivity contribution in [3.63, 3.8) is 0 Å². The summed E-state index contributed by atoms with van der Waals surface area (Å²) in [6, 6.07) is 13.2. The van der Waals surface area contributed by atoms with Crippen LogP contribution in [0.5, 0.6) is 0 Å². The second kappa shape index (κ2) is 3.69. The zero-order valence-electron chi connectivity index (χ0n) is 8.68. The summed E-state index contributed by atoms with van der Waals surface area (Å²) < 4.78 is 7.54. The second-order valence-electron chi connectivity index (χ2n) is 3.72. The molecule has 0 amide bonds. The van der Waals surface area contributed by atoms with Gasteiger partial charge in [0.1, 0.15) is 5.58 Å². The molecule has 0 unspecified atom stereocenters. The Bertz CT molecular complexity index is 747. The Kier molecular flexibility index (Phi) is 2.28. The summed E-state index contributed by atoms with van der Waals surface area (Å²) in [6.45, 7) is 0.